The molecule has 2 nitrogen and oxygen atoms in total. The second-order valence-electron chi connectivity index (χ2n) is 2.16. The first-order chi connectivity index (χ1) is 4.47. The van der Waals surface area contributed by atoms with Crippen molar-refractivity contribution in [3.63, 3.8) is 0 Å². The fourth-order valence-electron chi connectivity index (χ4n) is 1.09. The van der Waals surface area contributed by atoms with Gasteiger partial charge in [-0.3, -0.25) is 4.99 Å². The molecule has 1 heterocycles. The summed E-state index contributed by atoms with van der Waals surface area (Å²) in [5, 5.41) is 3.22. The minimum Gasteiger partial charge on any atom is -0.379 e. The Bertz CT molecular complexity index is 211. The van der Waals surface area contributed by atoms with Gasteiger partial charge in [-0.1, -0.05) is 6.08 Å². The van der Waals surface area contributed by atoms with Crippen LogP contribution in [0.25, 0.3) is 0 Å². The number of nitrogens with zero attached hydrogens (tertiary/aromatic N) is 1. The largest absolute Gasteiger partial charge is 0.379 e. The van der Waals surface area contributed by atoms with E-state index in [1.54, 1.807) is 0 Å². The lowest BCUT2D eigenvalue weighted by Crippen LogP contribution is -2.18. The molecule has 0 radical (unpaired) electrons. The summed E-state index contributed by atoms with van der Waals surface area (Å²) < 4.78 is 0. The zero-order chi connectivity index (χ0) is 6.10. The van der Waals surface area contributed by atoms with Crippen molar-refractivity contribution in [2.24, 2.45) is 4.99 Å². The van der Waals surface area contributed by atoms with E-state index in [2.05, 4.69) is 22.5 Å². The van der Waals surface area contributed by atoms with E-state index in [4.69, 9.17) is 0 Å². The Balaban J connectivity index is 2.35. The summed E-state index contributed by atoms with van der Waals surface area (Å²) in [5.41, 5.74) is 2.39. The van der Waals surface area contributed by atoms with Crippen molar-refractivity contribution in [1.29, 1.82) is 0 Å². The molecule has 0 amide bonds. The maximum absolute atomic E-state index is 4.22. The second-order valence-corrected chi connectivity index (χ2v) is 2.16. The summed E-state index contributed by atoms with van der Waals surface area (Å²) in [6.07, 6.45) is 7.12. The zero-order valence-corrected chi connectivity index (χ0v) is 5.09. The lowest BCUT2D eigenvalue weighted by atomic mass is 10.3. The molecule has 0 spiro atoms. The van der Waals surface area contributed by atoms with Gasteiger partial charge in [0.25, 0.3) is 0 Å². The lowest BCUT2D eigenvalue weighted by Gasteiger charge is -2.08. The van der Waals surface area contributed by atoms with Gasteiger partial charge < -0.3 is 5.32 Å². The van der Waals surface area contributed by atoms with Crippen LogP contribution in [-0.4, -0.2) is 12.8 Å². The first kappa shape index (κ1) is 4.79. The highest BCUT2D eigenvalue weighted by Gasteiger charge is 2.08. The highest BCUT2D eigenvalue weighted by atomic mass is 15.0. The predicted molar refractivity (Wildman–Crippen MR) is 37.3 cm³/mol. The summed E-state index contributed by atoms with van der Waals surface area (Å²) in [6.45, 7) is 0.878. The van der Waals surface area contributed by atoms with Crippen LogP contribution < -0.4 is 5.32 Å². The van der Waals surface area contributed by atoms with Crippen LogP contribution in [0.1, 0.15) is 6.42 Å². The standard InChI is InChI=1S/C7H8N2/c1-2-6-7(3-1)9-5-4-8-6/h1-2,5,8H,3-4H2. The summed E-state index contributed by atoms with van der Waals surface area (Å²) >= 11 is 0. The van der Waals surface area contributed by atoms with Gasteiger partial charge in [0.05, 0.1) is 17.9 Å². The summed E-state index contributed by atoms with van der Waals surface area (Å²) in [6, 6.07) is 0. The number of hydrogen-bond acceptors (Lipinski definition) is 2. The van der Waals surface area contributed by atoms with Gasteiger partial charge in [0, 0.05) is 12.6 Å². The molecule has 0 aromatic rings. The zero-order valence-electron chi connectivity index (χ0n) is 5.09. The summed E-state index contributed by atoms with van der Waals surface area (Å²) in [7, 11) is 0. The maximum Gasteiger partial charge on any atom is 0.0669 e. The van der Waals surface area contributed by atoms with Crippen LogP contribution in [0, 0.1) is 0 Å². The van der Waals surface area contributed by atoms with Crippen molar-refractivity contribution >= 4 is 6.21 Å². The van der Waals surface area contributed by atoms with E-state index in [-0.39, 0.29) is 0 Å². The Morgan fingerprint density at radius 2 is 2.56 bits per heavy atom. The molecule has 1 aliphatic heterocycles. The Morgan fingerprint density at radius 1 is 1.56 bits per heavy atom. The smallest absolute Gasteiger partial charge is 0.0669 e. The Hall–Kier alpha value is -1.05. The molecule has 46 valence electrons. The molecule has 2 aliphatic rings. The fraction of sp³-hybridized carbons (Fsp3) is 0.286. The third kappa shape index (κ3) is 0.669. The second kappa shape index (κ2) is 1.72. The number of aliphatic imine (C=N–C) groups is 1. The van der Waals surface area contributed by atoms with E-state index >= 15 is 0 Å². The average Bonchev–Trinajstić information content (AvgIpc) is 2.33. The Labute approximate surface area is 54.0 Å². The number of hydrogen-bond donors (Lipinski definition) is 1. The fourth-order valence-corrected chi connectivity index (χ4v) is 1.09. The van der Waals surface area contributed by atoms with Crippen LogP contribution in [-0.2, 0) is 0 Å². The monoisotopic (exact) mass is 120 g/mol. The van der Waals surface area contributed by atoms with E-state index in [0.717, 1.165) is 13.0 Å². The topological polar surface area (TPSA) is 24.4 Å². The molecule has 1 aliphatic carbocycles. The number of allylic oxidation sites excluding steroid dienone is 2. The number of nitrogens with one attached hydrogen (secondary N) is 1. The first-order valence-corrected chi connectivity index (χ1v) is 3.13. The van der Waals surface area contributed by atoms with Gasteiger partial charge in [0.1, 0.15) is 0 Å². The van der Waals surface area contributed by atoms with Crippen LogP contribution in [0.5, 0.6) is 0 Å². The van der Waals surface area contributed by atoms with Crippen LogP contribution in [0.4, 0.5) is 0 Å². The molecule has 0 bridgehead atoms. The highest BCUT2D eigenvalue weighted by molar-refractivity contribution is 5.65. The van der Waals surface area contributed by atoms with Gasteiger partial charge in [-0.05, 0) is 6.08 Å². The average molecular weight is 120 g/mol. The first-order valence-electron chi connectivity index (χ1n) is 3.13. The van der Waals surface area contributed by atoms with E-state index in [1.807, 2.05) is 6.21 Å². The van der Waals surface area contributed by atoms with Gasteiger partial charge in [-0.2, -0.15) is 0 Å². The van der Waals surface area contributed by atoms with E-state index in [1.165, 1.54) is 11.4 Å². The maximum atomic E-state index is 4.22. The summed E-state index contributed by atoms with van der Waals surface area (Å²) in [4.78, 5) is 4.22. The molecule has 9 heavy (non-hydrogen) atoms. The van der Waals surface area contributed by atoms with E-state index in [9.17, 15) is 0 Å². The molecule has 0 fully saturated rings. The molecule has 1 N–H and O–H groups in total. The Morgan fingerprint density at radius 3 is 3.44 bits per heavy atom. The van der Waals surface area contributed by atoms with Gasteiger partial charge in [-0.25, -0.2) is 0 Å². The molecule has 0 saturated heterocycles. The third-order valence-electron chi connectivity index (χ3n) is 1.54. The molecule has 0 aromatic heterocycles. The molecular weight excluding hydrogens is 112 g/mol. The van der Waals surface area contributed by atoms with E-state index < -0.39 is 0 Å². The normalized spacial score (nSPS) is 22.2. The van der Waals surface area contributed by atoms with Gasteiger partial charge in [-0.15, -0.1) is 0 Å². The van der Waals surface area contributed by atoms with Crippen molar-refractivity contribution in [3.05, 3.63) is 23.5 Å². The van der Waals surface area contributed by atoms with Crippen molar-refractivity contribution < 1.29 is 0 Å². The number of rotatable bonds is 0. The molecule has 0 atom stereocenters. The predicted octanol–water partition coefficient (Wildman–Crippen LogP) is 0.832. The van der Waals surface area contributed by atoms with Crippen molar-refractivity contribution in [1.82, 2.24) is 5.32 Å². The highest BCUT2D eigenvalue weighted by Crippen LogP contribution is 2.18. The lowest BCUT2D eigenvalue weighted by molar-refractivity contribution is 0.919. The minimum absolute atomic E-state index is 0.878. The van der Waals surface area contributed by atoms with E-state index in [0.29, 0.717) is 0 Å². The molecule has 2 rings (SSSR count). The van der Waals surface area contributed by atoms with Crippen LogP contribution in [0.3, 0.4) is 0 Å². The Kier molecular flexibility index (Phi) is 0.918. The van der Waals surface area contributed by atoms with Crippen LogP contribution in [0.2, 0.25) is 0 Å². The summed E-state index contributed by atoms with van der Waals surface area (Å²) in [5.74, 6) is 0. The molecule has 0 saturated carbocycles. The van der Waals surface area contributed by atoms with Gasteiger partial charge in [0.2, 0.25) is 0 Å². The molecule has 2 heteroatoms. The van der Waals surface area contributed by atoms with Crippen molar-refractivity contribution in [2.75, 3.05) is 6.54 Å². The third-order valence-corrected chi connectivity index (χ3v) is 1.54. The molecule has 0 unspecified atom stereocenters. The van der Waals surface area contributed by atoms with Gasteiger partial charge in [0.15, 0.2) is 0 Å². The SMILES string of the molecule is C1=CC2=C(C1)N=CCN2. The van der Waals surface area contributed by atoms with Crippen molar-refractivity contribution in [2.45, 2.75) is 6.42 Å². The molecule has 0 aromatic carbocycles. The van der Waals surface area contributed by atoms with Crippen molar-refractivity contribution in [3.8, 4) is 0 Å². The van der Waals surface area contributed by atoms with Crippen LogP contribution in [0.15, 0.2) is 28.5 Å². The van der Waals surface area contributed by atoms with Crippen LogP contribution >= 0.6 is 0 Å². The molecular formula is C7H8N2. The minimum atomic E-state index is 0.878. The van der Waals surface area contributed by atoms with Gasteiger partial charge >= 0.3 is 0 Å². The quantitative estimate of drug-likeness (QED) is 0.503.